The van der Waals surface area contributed by atoms with Gasteiger partial charge in [0.05, 0.1) is 40.8 Å². The van der Waals surface area contributed by atoms with Crippen LogP contribution in [0.1, 0.15) is 73.8 Å². The van der Waals surface area contributed by atoms with Gasteiger partial charge in [0, 0.05) is 51.5 Å². The van der Waals surface area contributed by atoms with Gasteiger partial charge >= 0.3 is 5.69 Å². The SMILES string of the molecule is CSc1nn(C2CCC(CN(C)C3CCN(c4cccc5c4n(C)c(=O)n5C4CCC(=O)NC4=O)CC3)CC2)cc1NC(=O)c1cnn2cccnc12. The Morgan fingerprint density at radius 2 is 1.85 bits per heavy atom. The van der Waals surface area contributed by atoms with Crippen molar-refractivity contribution >= 4 is 57.5 Å². The molecule has 278 valence electrons. The minimum Gasteiger partial charge on any atom is -0.370 e. The Morgan fingerprint density at radius 1 is 1.06 bits per heavy atom. The Hall–Kier alpha value is -4.96. The van der Waals surface area contributed by atoms with Crippen molar-refractivity contribution in [3.05, 3.63) is 65.1 Å². The first-order chi connectivity index (χ1) is 25.7. The summed E-state index contributed by atoms with van der Waals surface area (Å²) in [5.41, 5.74) is 3.96. The first-order valence-electron chi connectivity index (χ1n) is 18.4. The van der Waals surface area contributed by atoms with Gasteiger partial charge in [-0.25, -0.2) is 14.3 Å². The van der Waals surface area contributed by atoms with E-state index in [4.69, 9.17) is 5.10 Å². The molecule has 0 spiro atoms. The van der Waals surface area contributed by atoms with E-state index in [0.717, 1.165) is 79.9 Å². The van der Waals surface area contributed by atoms with Gasteiger partial charge < -0.3 is 15.1 Å². The van der Waals surface area contributed by atoms with Gasteiger partial charge in [0.2, 0.25) is 11.8 Å². The smallest absolute Gasteiger partial charge is 0.329 e. The second kappa shape index (κ2) is 14.5. The summed E-state index contributed by atoms with van der Waals surface area (Å²) in [7, 11) is 4.02. The fraction of sp³-hybridized carbons (Fsp3) is 0.486. The monoisotopic (exact) mass is 739 g/mol. The van der Waals surface area contributed by atoms with E-state index in [1.165, 1.54) is 11.8 Å². The molecule has 0 radical (unpaired) electrons. The van der Waals surface area contributed by atoms with Crippen LogP contribution in [-0.4, -0.2) is 95.1 Å². The Labute approximate surface area is 310 Å². The molecule has 5 aromatic rings. The Bertz CT molecular complexity index is 2240. The van der Waals surface area contributed by atoms with Gasteiger partial charge in [0.1, 0.15) is 16.6 Å². The number of carbonyl (C=O) groups excluding carboxylic acids is 3. The lowest BCUT2D eigenvalue weighted by atomic mass is 9.85. The summed E-state index contributed by atoms with van der Waals surface area (Å²) in [5.74, 6) is -0.351. The molecule has 3 aliphatic rings. The molecule has 2 N–H and O–H groups in total. The third kappa shape index (κ3) is 6.62. The molecule has 1 atom stereocenters. The van der Waals surface area contributed by atoms with Gasteiger partial charge in [0.15, 0.2) is 5.65 Å². The first kappa shape index (κ1) is 35.1. The molecule has 53 heavy (non-hydrogen) atoms. The molecule has 3 fully saturated rings. The normalized spacial score (nSPS) is 21.5. The number of nitrogens with zero attached hydrogens (tertiary/aromatic N) is 9. The van der Waals surface area contributed by atoms with E-state index in [2.05, 4.69) is 43.6 Å². The molecule has 1 saturated carbocycles. The molecule has 8 rings (SSSR count). The van der Waals surface area contributed by atoms with E-state index in [9.17, 15) is 19.2 Å². The molecule has 1 unspecified atom stereocenters. The van der Waals surface area contributed by atoms with E-state index in [1.54, 1.807) is 45.4 Å². The highest BCUT2D eigenvalue weighted by Crippen LogP contribution is 2.36. The molecule has 16 heteroatoms. The number of amides is 3. The maximum absolute atomic E-state index is 13.4. The van der Waals surface area contributed by atoms with Crippen molar-refractivity contribution < 1.29 is 14.4 Å². The topological polar surface area (TPSA) is 157 Å². The van der Waals surface area contributed by atoms with Crippen LogP contribution in [0.2, 0.25) is 0 Å². The van der Waals surface area contributed by atoms with Crippen LogP contribution in [0, 0.1) is 5.92 Å². The summed E-state index contributed by atoms with van der Waals surface area (Å²) in [6.07, 6.45) is 15.8. The Morgan fingerprint density at radius 3 is 2.60 bits per heavy atom. The number of benzene rings is 1. The van der Waals surface area contributed by atoms with Crippen molar-refractivity contribution in [3.8, 4) is 0 Å². The number of imidazole rings is 1. The standard InChI is InChI=1S/C37H45N11O4S/c1-43(24-14-18-45(19-15-24)28-6-4-7-29-32(28)44(2)37(52)48(29)30-12-13-31(49)41-35(30)51)21-23-8-10-25(11-9-23)47-22-27(36(42-47)53-3)40-34(50)26-20-39-46-17-5-16-38-33(26)46/h4-7,16-17,20,22-25,30H,8-15,18-19,21H2,1-3H3,(H,40,50)(H,41,49,51). The molecular formula is C37H45N11O4S. The number of aromatic nitrogens is 7. The minimum atomic E-state index is -0.695. The lowest BCUT2D eigenvalue weighted by Crippen LogP contribution is -2.45. The third-order valence-electron chi connectivity index (χ3n) is 11.4. The number of aryl methyl sites for hydroxylation is 1. The predicted octanol–water partition coefficient (Wildman–Crippen LogP) is 3.86. The van der Waals surface area contributed by atoms with Crippen LogP contribution in [0.3, 0.4) is 0 Å². The zero-order chi connectivity index (χ0) is 36.8. The van der Waals surface area contributed by atoms with Gasteiger partial charge in [0.25, 0.3) is 5.91 Å². The minimum absolute atomic E-state index is 0.219. The molecule has 6 heterocycles. The fourth-order valence-corrected chi connectivity index (χ4v) is 9.07. The van der Waals surface area contributed by atoms with Crippen molar-refractivity contribution in [3.63, 3.8) is 0 Å². The van der Waals surface area contributed by atoms with Gasteiger partial charge in [-0.1, -0.05) is 6.07 Å². The van der Waals surface area contributed by atoms with E-state index >= 15 is 0 Å². The fourth-order valence-electron chi connectivity index (χ4n) is 8.57. The van der Waals surface area contributed by atoms with Crippen LogP contribution in [0.5, 0.6) is 0 Å². The van der Waals surface area contributed by atoms with Gasteiger partial charge in [-0.3, -0.25) is 33.5 Å². The van der Waals surface area contributed by atoms with E-state index in [-0.39, 0.29) is 23.9 Å². The van der Waals surface area contributed by atoms with E-state index in [1.807, 2.05) is 29.3 Å². The number of imide groups is 1. The zero-order valence-corrected chi connectivity index (χ0v) is 31.1. The average Bonchev–Trinajstić information content (AvgIpc) is 3.86. The van der Waals surface area contributed by atoms with Gasteiger partial charge in [-0.2, -0.15) is 10.2 Å². The lowest BCUT2D eigenvalue weighted by molar-refractivity contribution is -0.135. The summed E-state index contributed by atoms with van der Waals surface area (Å²) >= 11 is 1.52. The van der Waals surface area contributed by atoms with Crippen LogP contribution < -0.4 is 21.2 Å². The largest absolute Gasteiger partial charge is 0.370 e. The molecule has 4 aromatic heterocycles. The number of piperidine rings is 2. The highest BCUT2D eigenvalue weighted by atomic mass is 32.2. The molecule has 3 amide bonds. The number of fused-ring (bicyclic) bond motifs is 2. The molecule has 15 nitrogen and oxygen atoms in total. The number of para-hydroxylation sites is 1. The Kier molecular flexibility index (Phi) is 9.57. The van der Waals surface area contributed by atoms with Crippen molar-refractivity contribution in [1.82, 2.24) is 43.7 Å². The van der Waals surface area contributed by atoms with Gasteiger partial charge in [-0.05, 0) is 82.4 Å². The van der Waals surface area contributed by atoms with Crippen LogP contribution >= 0.6 is 11.8 Å². The summed E-state index contributed by atoms with van der Waals surface area (Å²) < 4.78 is 6.84. The van der Waals surface area contributed by atoms with E-state index < -0.39 is 11.9 Å². The lowest BCUT2D eigenvalue weighted by Gasteiger charge is -2.40. The van der Waals surface area contributed by atoms with Crippen LogP contribution in [-0.2, 0) is 16.6 Å². The highest BCUT2D eigenvalue weighted by Gasteiger charge is 2.33. The quantitative estimate of drug-likeness (QED) is 0.168. The van der Waals surface area contributed by atoms with Crippen LogP contribution in [0.4, 0.5) is 11.4 Å². The maximum Gasteiger partial charge on any atom is 0.329 e. The van der Waals surface area contributed by atoms with Crippen LogP contribution in [0.15, 0.2) is 58.9 Å². The third-order valence-corrected chi connectivity index (χ3v) is 12.1. The summed E-state index contributed by atoms with van der Waals surface area (Å²) in [4.78, 5) is 60.3. The summed E-state index contributed by atoms with van der Waals surface area (Å²) in [6.45, 7) is 2.81. The first-order valence-corrected chi connectivity index (χ1v) is 19.6. The number of rotatable bonds is 9. The second-order valence-corrected chi connectivity index (χ2v) is 15.4. The zero-order valence-electron chi connectivity index (χ0n) is 30.3. The molecule has 2 saturated heterocycles. The number of nitrogens with one attached hydrogen (secondary N) is 2. The van der Waals surface area contributed by atoms with Crippen molar-refractivity contribution in [1.29, 1.82) is 0 Å². The Balaban J connectivity index is 0.859. The number of hydrogen-bond acceptors (Lipinski definition) is 10. The van der Waals surface area contributed by atoms with Crippen molar-refractivity contribution in [2.75, 3.05) is 43.2 Å². The number of hydrogen-bond donors (Lipinski definition) is 2. The number of carbonyl (C=O) groups is 3. The highest BCUT2D eigenvalue weighted by molar-refractivity contribution is 7.98. The van der Waals surface area contributed by atoms with Crippen molar-refractivity contribution in [2.45, 2.75) is 74.5 Å². The summed E-state index contributed by atoms with van der Waals surface area (Å²) in [5, 5.41) is 15.3. The molecule has 2 aliphatic heterocycles. The average molecular weight is 740 g/mol. The molecular weight excluding hydrogens is 695 g/mol. The van der Waals surface area contributed by atoms with Crippen LogP contribution in [0.25, 0.3) is 16.7 Å². The predicted molar refractivity (Wildman–Crippen MR) is 202 cm³/mol. The molecule has 1 aromatic carbocycles. The number of thioether (sulfide) groups is 1. The van der Waals surface area contributed by atoms with Gasteiger partial charge in [-0.15, -0.1) is 11.8 Å². The van der Waals surface area contributed by atoms with E-state index in [0.29, 0.717) is 41.3 Å². The molecule has 0 bridgehead atoms. The summed E-state index contributed by atoms with van der Waals surface area (Å²) in [6, 6.07) is 7.76. The maximum atomic E-state index is 13.4. The number of anilines is 2. The van der Waals surface area contributed by atoms with Crippen molar-refractivity contribution in [2.24, 2.45) is 13.0 Å². The molecule has 1 aliphatic carbocycles. The second-order valence-electron chi connectivity index (χ2n) is 14.6.